The van der Waals surface area contributed by atoms with E-state index in [1.54, 1.807) is 0 Å². The van der Waals surface area contributed by atoms with Gasteiger partial charge in [0.15, 0.2) is 0 Å². The Morgan fingerprint density at radius 1 is 1.58 bits per heavy atom. The topological polar surface area (TPSA) is 26.0 Å². The number of nitrogens with zero attached hydrogens (tertiary/aromatic N) is 1. The third-order valence-corrected chi connectivity index (χ3v) is 2.61. The van der Waals surface area contributed by atoms with Crippen LogP contribution in [-0.4, -0.2) is 5.16 Å². The predicted octanol–water partition coefficient (Wildman–Crippen LogP) is 2.92. The summed E-state index contributed by atoms with van der Waals surface area (Å²) in [6.07, 6.45) is 1.28. The van der Waals surface area contributed by atoms with Crippen LogP contribution in [0.3, 0.4) is 0 Å². The van der Waals surface area contributed by atoms with E-state index in [0.717, 1.165) is 17.4 Å². The lowest BCUT2D eigenvalue weighted by molar-refractivity contribution is 0.365. The molecule has 12 heavy (non-hydrogen) atoms. The lowest BCUT2D eigenvalue weighted by atomic mass is 10.1. The molecular weight excluding hydrogens is 150 g/mol. The molecule has 1 heterocycles. The minimum Gasteiger partial charge on any atom is -0.361 e. The zero-order valence-electron chi connectivity index (χ0n) is 7.87. The van der Waals surface area contributed by atoms with Gasteiger partial charge in [-0.05, 0) is 12.3 Å². The summed E-state index contributed by atoms with van der Waals surface area (Å²) in [6.45, 7) is 6.51. The van der Waals surface area contributed by atoms with Crippen LogP contribution < -0.4 is 0 Å². The molecule has 2 unspecified atom stereocenters. The van der Waals surface area contributed by atoms with Crippen molar-refractivity contribution in [3.8, 4) is 0 Å². The monoisotopic (exact) mass is 165 g/mol. The van der Waals surface area contributed by atoms with E-state index >= 15 is 0 Å². The van der Waals surface area contributed by atoms with Crippen LogP contribution in [0, 0.1) is 5.92 Å². The molecule has 0 saturated heterocycles. The van der Waals surface area contributed by atoms with E-state index < -0.39 is 0 Å². The van der Waals surface area contributed by atoms with E-state index in [9.17, 15) is 0 Å². The third-order valence-electron chi connectivity index (χ3n) is 2.61. The van der Waals surface area contributed by atoms with Crippen molar-refractivity contribution in [2.75, 3.05) is 0 Å². The van der Waals surface area contributed by atoms with E-state index in [1.807, 2.05) is 0 Å². The van der Waals surface area contributed by atoms with Gasteiger partial charge in [-0.3, -0.25) is 0 Å². The van der Waals surface area contributed by atoms with Gasteiger partial charge in [0.1, 0.15) is 5.76 Å². The third kappa shape index (κ3) is 1.26. The molecule has 1 aliphatic carbocycles. The largest absolute Gasteiger partial charge is 0.361 e. The Balaban J connectivity index is 2.14. The van der Waals surface area contributed by atoms with Gasteiger partial charge in [0.2, 0.25) is 0 Å². The van der Waals surface area contributed by atoms with Crippen LogP contribution in [0.2, 0.25) is 0 Å². The normalized spacial score (nSPS) is 28.0. The van der Waals surface area contributed by atoms with Gasteiger partial charge in [-0.25, -0.2) is 0 Å². The number of rotatable bonds is 2. The fourth-order valence-electron chi connectivity index (χ4n) is 1.48. The molecule has 66 valence electrons. The smallest absolute Gasteiger partial charge is 0.139 e. The van der Waals surface area contributed by atoms with Crippen LogP contribution in [0.15, 0.2) is 10.6 Å². The quantitative estimate of drug-likeness (QED) is 0.673. The lowest BCUT2D eigenvalue weighted by Gasteiger charge is -1.93. The zero-order chi connectivity index (χ0) is 8.72. The Hall–Kier alpha value is -0.790. The molecule has 1 fully saturated rings. The second-order valence-corrected chi connectivity index (χ2v) is 4.13. The van der Waals surface area contributed by atoms with Crippen LogP contribution in [0.5, 0.6) is 0 Å². The molecule has 0 bridgehead atoms. The molecule has 1 aliphatic rings. The highest BCUT2D eigenvalue weighted by atomic mass is 16.5. The van der Waals surface area contributed by atoms with Gasteiger partial charge in [0, 0.05) is 17.9 Å². The first kappa shape index (κ1) is 7.84. The highest BCUT2D eigenvalue weighted by Gasteiger charge is 2.36. The zero-order valence-corrected chi connectivity index (χ0v) is 7.87. The standard InChI is InChI=1S/C10H15NO/c1-6(2)10-5-9(11-12-10)8-4-7(8)3/h5-8H,4H2,1-3H3. The highest BCUT2D eigenvalue weighted by molar-refractivity contribution is 5.18. The summed E-state index contributed by atoms with van der Waals surface area (Å²) >= 11 is 0. The van der Waals surface area contributed by atoms with Crippen molar-refractivity contribution in [3.05, 3.63) is 17.5 Å². The second kappa shape index (κ2) is 2.61. The highest BCUT2D eigenvalue weighted by Crippen LogP contribution is 2.46. The molecule has 2 nitrogen and oxygen atoms in total. The van der Waals surface area contributed by atoms with E-state index in [4.69, 9.17) is 4.52 Å². The number of hydrogen-bond donors (Lipinski definition) is 0. The average molecular weight is 165 g/mol. The maximum atomic E-state index is 5.23. The minimum absolute atomic E-state index is 0.459. The summed E-state index contributed by atoms with van der Waals surface area (Å²) in [7, 11) is 0. The molecule has 0 amide bonds. The van der Waals surface area contributed by atoms with Gasteiger partial charge < -0.3 is 4.52 Å². The van der Waals surface area contributed by atoms with Gasteiger partial charge in [0.05, 0.1) is 5.69 Å². The van der Waals surface area contributed by atoms with E-state index in [1.165, 1.54) is 6.42 Å². The second-order valence-electron chi connectivity index (χ2n) is 4.13. The molecule has 0 spiro atoms. The summed E-state index contributed by atoms with van der Waals surface area (Å²) in [5.74, 6) is 2.97. The van der Waals surface area contributed by atoms with E-state index in [2.05, 4.69) is 32.0 Å². The number of hydrogen-bond acceptors (Lipinski definition) is 2. The predicted molar refractivity (Wildman–Crippen MR) is 47.1 cm³/mol. The Morgan fingerprint density at radius 2 is 2.25 bits per heavy atom. The molecule has 0 N–H and O–H groups in total. The van der Waals surface area contributed by atoms with E-state index in [-0.39, 0.29) is 0 Å². The SMILES string of the molecule is CC(C)c1cc(C2CC2C)no1. The fraction of sp³-hybridized carbons (Fsp3) is 0.700. The Morgan fingerprint density at radius 3 is 2.67 bits per heavy atom. The van der Waals surface area contributed by atoms with Gasteiger partial charge in [-0.2, -0.15) is 0 Å². The summed E-state index contributed by atoms with van der Waals surface area (Å²) in [4.78, 5) is 0. The molecule has 0 aromatic carbocycles. The van der Waals surface area contributed by atoms with Crippen LogP contribution in [0.1, 0.15) is 50.5 Å². The average Bonchev–Trinajstić information content (AvgIpc) is 2.59. The summed E-state index contributed by atoms with van der Waals surface area (Å²) in [6, 6.07) is 2.11. The van der Waals surface area contributed by atoms with Gasteiger partial charge in [0.25, 0.3) is 0 Å². The Bertz CT molecular complexity index is 277. The fourth-order valence-corrected chi connectivity index (χ4v) is 1.48. The minimum atomic E-state index is 0.459. The van der Waals surface area contributed by atoms with Crippen LogP contribution in [0.25, 0.3) is 0 Å². The van der Waals surface area contributed by atoms with Gasteiger partial charge in [-0.15, -0.1) is 0 Å². The first-order valence-corrected chi connectivity index (χ1v) is 4.65. The van der Waals surface area contributed by atoms with Crippen LogP contribution >= 0.6 is 0 Å². The summed E-state index contributed by atoms with van der Waals surface area (Å²) < 4.78 is 5.23. The van der Waals surface area contributed by atoms with Crippen molar-refractivity contribution in [1.29, 1.82) is 0 Å². The van der Waals surface area contributed by atoms with Crippen molar-refractivity contribution in [2.24, 2.45) is 5.92 Å². The first-order chi connectivity index (χ1) is 5.68. The summed E-state index contributed by atoms with van der Waals surface area (Å²) in [5.41, 5.74) is 1.16. The van der Waals surface area contributed by atoms with Gasteiger partial charge >= 0.3 is 0 Å². The molecule has 2 atom stereocenters. The molecule has 2 rings (SSSR count). The number of aromatic nitrogens is 1. The molecule has 2 heteroatoms. The lowest BCUT2D eigenvalue weighted by Crippen LogP contribution is -1.81. The summed E-state index contributed by atoms with van der Waals surface area (Å²) in [5, 5.41) is 4.07. The van der Waals surface area contributed by atoms with E-state index in [0.29, 0.717) is 11.8 Å². The van der Waals surface area contributed by atoms with Crippen molar-refractivity contribution < 1.29 is 4.52 Å². The molecule has 0 aliphatic heterocycles. The molecule has 0 radical (unpaired) electrons. The Kier molecular flexibility index (Phi) is 1.71. The molecule has 1 aromatic heterocycles. The molecule has 1 aromatic rings. The Labute approximate surface area is 72.9 Å². The first-order valence-electron chi connectivity index (χ1n) is 4.65. The van der Waals surface area contributed by atoms with Crippen LogP contribution in [-0.2, 0) is 0 Å². The molecular formula is C10H15NO. The maximum Gasteiger partial charge on any atom is 0.139 e. The van der Waals surface area contributed by atoms with Crippen LogP contribution in [0.4, 0.5) is 0 Å². The van der Waals surface area contributed by atoms with Crippen molar-refractivity contribution in [2.45, 2.75) is 39.0 Å². The van der Waals surface area contributed by atoms with Gasteiger partial charge in [-0.1, -0.05) is 25.9 Å². The van der Waals surface area contributed by atoms with Crippen molar-refractivity contribution >= 4 is 0 Å². The van der Waals surface area contributed by atoms with Crippen molar-refractivity contribution in [1.82, 2.24) is 5.16 Å². The maximum absolute atomic E-state index is 5.23. The van der Waals surface area contributed by atoms with Crippen molar-refractivity contribution in [3.63, 3.8) is 0 Å². The molecule has 1 saturated carbocycles.